The fourth-order valence-corrected chi connectivity index (χ4v) is 2.79. The highest BCUT2D eigenvalue weighted by Gasteiger charge is 2.22. The van der Waals surface area contributed by atoms with E-state index in [-0.39, 0.29) is 5.56 Å². The normalized spacial score (nSPS) is 16.9. The Morgan fingerprint density at radius 2 is 2.05 bits per heavy atom. The molecule has 0 saturated carbocycles. The van der Waals surface area contributed by atoms with E-state index in [0.29, 0.717) is 12.2 Å². The van der Waals surface area contributed by atoms with Crippen LogP contribution < -0.4 is 4.90 Å². The minimum absolute atomic E-state index is 0.188. The molecule has 19 heavy (non-hydrogen) atoms. The highest BCUT2D eigenvalue weighted by Crippen LogP contribution is 2.27. The third-order valence-corrected chi connectivity index (χ3v) is 3.73. The molecule has 1 saturated heterocycles. The number of hydrogen-bond donors (Lipinski definition) is 0. The molecule has 3 nitrogen and oxygen atoms in total. The zero-order valence-corrected chi connectivity index (χ0v) is 11.6. The second-order valence-corrected chi connectivity index (χ2v) is 5.48. The van der Waals surface area contributed by atoms with Crippen LogP contribution >= 0.6 is 0 Å². The second kappa shape index (κ2) is 6.15. The summed E-state index contributed by atoms with van der Waals surface area (Å²) in [5.74, 6) is 0.266. The monoisotopic (exact) mass is 264 g/mol. The zero-order chi connectivity index (χ0) is 13.8. The van der Waals surface area contributed by atoms with Gasteiger partial charge in [-0.25, -0.2) is 4.39 Å². The van der Waals surface area contributed by atoms with E-state index in [1.807, 2.05) is 6.07 Å². The van der Waals surface area contributed by atoms with Gasteiger partial charge in [0, 0.05) is 19.6 Å². The molecule has 104 valence electrons. The molecule has 0 spiro atoms. The fraction of sp³-hybridized carbons (Fsp3) is 0.533. The fourth-order valence-electron chi connectivity index (χ4n) is 2.79. The van der Waals surface area contributed by atoms with Crippen molar-refractivity contribution in [1.29, 1.82) is 0 Å². The van der Waals surface area contributed by atoms with Crippen LogP contribution in [0.25, 0.3) is 0 Å². The Hall–Kier alpha value is -1.42. The Bertz CT molecular complexity index is 440. The van der Waals surface area contributed by atoms with Crippen molar-refractivity contribution in [2.24, 2.45) is 5.92 Å². The molecule has 0 aliphatic carbocycles. The minimum Gasteiger partial charge on any atom is -0.371 e. The Balaban J connectivity index is 2.05. The minimum atomic E-state index is -0.428. The number of nitrogens with zero attached hydrogens (tertiary/aromatic N) is 2. The van der Waals surface area contributed by atoms with Crippen LogP contribution in [0.15, 0.2) is 18.2 Å². The average molecular weight is 264 g/mol. The van der Waals surface area contributed by atoms with Gasteiger partial charge in [0.15, 0.2) is 6.29 Å². The molecule has 0 atom stereocenters. The number of piperidine rings is 1. The topological polar surface area (TPSA) is 23.6 Å². The number of benzene rings is 1. The van der Waals surface area contributed by atoms with Crippen molar-refractivity contribution in [2.75, 3.05) is 38.6 Å². The summed E-state index contributed by atoms with van der Waals surface area (Å²) in [4.78, 5) is 15.4. The van der Waals surface area contributed by atoms with E-state index < -0.39 is 5.82 Å². The van der Waals surface area contributed by atoms with Gasteiger partial charge in [-0.1, -0.05) is 6.07 Å². The number of carbonyl (C=O) groups excluding carboxylic acids is 1. The lowest BCUT2D eigenvalue weighted by Crippen LogP contribution is -2.37. The van der Waals surface area contributed by atoms with Gasteiger partial charge in [0.05, 0.1) is 11.3 Å². The van der Waals surface area contributed by atoms with E-state index in [4.69, 9.17) is 0 Å². The summed E-state index contributed by atoms with van der Waals surface area (Å²) in [5.41, 5.74) is 0.923. The second-order valence-electron chi connectivity index (χ2n) is 5.48. The molecular formula is C15H21FN2O. The number of carbonyl (C=O) groups is 1. The summed E-state index contributed by atoms with van der Waals surface area (Å²) in [6.45, 7) is 2.88. The molecule has 1 aliphatic rings. The van der Waals surface area contributed by atoms with Crippen molar-refractivity contribution >= 4 is 12.0 Å². The van der Waals surface area contributed by atoms with Crippen molar-refractivity contribution in [3.05, 3.63) is 29.6 Å². The summed E-state index contributed by atoms with van der Waals surface area (Å²) in [6, 6.07) is 4.84. The highest BCUT2D eigenvalue weighted by atomic mass is 19.1. The van der Waals surface area contributed by atoms with Crippen molar-refractivity contribution < 1.29 is 9.18 Å². The average Bonchev–Trinajstić information content (AvgIpc) is 2.38. The quantitative estimate of drug-likeness (QED) is 0.780. The van der Waals surface area contributed by atoms with E-state index in [1.165, 1.54) is 6.07 Å². The third kappa shape index (κ3) is 3.32. The van der Waals surface area contributed by atoms with Gasteiger partial charge < -0.3 is 9.80 Å². The number of rotatable bonds is 4. The molecule has 1 aromatic rings. The van der Waals surface area contributed by atoms with Crippen LogP contribution in [-0.4, -0.2) is 44.9 Å². The first-order chi connectivity index (χ1) is 9.11. The van der Waals surface area contributed by atoms with E-state index in [1.54, 1.807) is 6.07 Å². The molecule has 1 aliphatic heterocycles. The standard InChI is InChI=1S/C15H21FN2O/c1-17(2)10-12-6-8-18(9-7-12)15-5-3-4-14(16)13(15)11-19/h3-5,11-12H,6-10H2,1-2H3. The van der Waals surface area contributed by atoms with Crippen LogP contribution in [0.5, 0.6) is 0 Å². The van der Waals surface area contributed by atoms with Crippen molar-refractivity contribution in [3.63, 3.8) is 0 Å². The summed E-state index contributed by atoms with van der Waals surface area (Å²) >= 11 is 0. The van der Waals surface area contributed by atoms with Gasteiger partial charge in [-0.2, -0.15) is 0 Å². The summed E-state index contributed by atoms with van der Waals surface area (Å²) in [7, 11) is 4.17. The Morgan fingerprint density at radius 1 is 1.37 bits per heavy atom. The van der Waals surface area contributed by atoms with Gasteiger partial charge in [0.2, 0.25) is 0 Å². The first-order valence-electron chi connectivity index (χ1n) is 6.75. The molecule has 0 bridgehead atoms. The maximum Gasteiger partial charge on any atom is 0.155 e. The van der Waals surface area contributed by atoms with Gasteiger partial charge in [-0.05, 0) is 45.0 Å². The number of halogens is 1. The van der Waals surface area contributed by atoms with Crippen LogP contribution in [0.4, 0.5) is 10.1 Å². The zero-order valence-electron chi connectivity index (χ0n) is 11.6. The van der Waals surface area contributed by atoms with Gasteiger partial charge in [-0.15, -0.1) is 0 Å². The molecule has 4 heteroatoms. The molecule has 0 amide bonds. The summed E-state index contributed by atoms with van der Waals surface area (Å²) < 4.78 is 13.6. The molecular weight excluding hydrogens is 243 g/mol. The first-order valence-corrected chi connectivity index (χ1v) is 6.75. The number of hydrogen-bond acceptors (Lipinski definition) is 3. The van der Waals surface area contributed by atoms with Crippen LogP contribution in [0.2, 0.25) is 0 Å². The lowest BCUT2D eigenvalue weighted by molar-refractivity contribution is 0.112. The largest absolute Gasteiger partial charge is 0.371 e. The van der Waals surface area contributed by atoms with Gasteiger partial charge in [-0.3, -0.25) is 4.79 Å². The van der Waals surface area contributed by atoms with Crippen LogP contribution in [0.1, 0.15) is 23.2 Å². The summed E-state index contributed by atoms with van der Waals surface area (Å²) in [5, 5.41) is 0. The maximum atomic E-state index is 13.6. The Morgan fingerprint density at radius 3 is 2.63 bits per heavy atom. The van der Waals surface area contributed by atoms with E-state index in [0.717, 1.165) is 38.2 Å². The Kier molecular flexibility index (Phi) is 4.53. The highest BCUT2D eigenvalue weighted by molar-refractivity contribution is 5.85. The maximum absolute atomic E-state index is 13.6. The molecule has 1 fully saturated rings. The van der Waals surface area contributed by atoms with Crippen molar-refractivity contribution in [3.8, 4) is 0 Å². The predicted molar refractivity (Wildman–Crippen MR) is 75.3 cm³/mol. The molecule has 1 heterocycles. The van der Waals surface area contributed by atoms with Crippen molar-refractivity contribution in [1.82, 2.24) is 4.90 Å². The molecule has 0 N–H and O–H groups in total. The van der Waals surface area contributed by atoms with Crippen molar-refractivity contribution in [2.45, 2.75) is 12.8 Å². The number of aldehydes is 1. The van der Waals surface area contributed by atoms with Crippen LogP contribution in [0.3, 0.4) is 0 Å². The van der Waals surface area contributed by atoms with Gasteiger partial charge >= 0.3 is 0 Å². The molecule has 0 unspecified atom stereocenters. The SMILES string of the molecule is CN(C)CC1CCN(c2cccc(F)c2C=O)CC1. The molecule has 1 aromatic carbocycles. The van der Waals surface area contributed by atoms with Gasteiger partial charge in [0.1, 0.15) is 5.82 Å². The van der Waals surface area contributed by atoms with Crippen LogP contribution in [-0.2, 0) is 0 Å². The third-order valence-electron chi connectivity index (χ3n) is 3.73. The van der Waals surface area contributed by atoms with E-state index >= 15 is 0 Å². The smallest absolute Gasteiger partial charge is 0.155 e. The molecule has 2 rings (SSSR count). The lowest BCUT2D eigenvalue weighted by Gasteiger charge is -2.35. The van der Waals surface area contributed by atoms with Gasteiger partial charge in [0.25, 0.3) is 0 Å². The van der Waals surface area contributed by atoms with E-state index in [9.17, 15) is 9.18 Å². The lowest BCUT2D eigenvalue weighted by atomic mass is 9.95. The molecule has 0 aromatic heterocycles. The number of anilines is 1. The van der Waals surface area contributed by atoms with Crippen LogP contribution in [0, 0.1) is 11.7 Å². The first kappa shape index (κ1) is 14.0. The predicted octanol–water partition coefficient (Wildman–Crippen LogP) is 2.42. The summed E-state index contributed by atoms with van der Waals surface area (Å²) in [6.07, 6.45) is 2.80. The Labute approximate surface area is 114 Å². The van der Waals surface area contributed by atoms with E-state index in [2.05, 4.69) is 23.9 Å². The molecule has 0 radical (unpaired) electrons.